The predicted octanol–water partition coefficient (Wildman–Crippen LogP) is 4.79. The quantitative estimate of drug-likeness (QED) is 0.465. The molecule has 0 heterocycles. The van der Waals surface area contributed by atoms with Crippen molar-refractivity contribution < 1.29 is 4.79 Å². The van der Waals surface area contributed by atoms with Gasteiger partial charge in [0, 0.05) is 5.56 Å². The Morgan fingerprint density at radius 1 is 1.06 bits per heavy atom. The molecule has 0 spiro atoms. The van der Waals surface area contributed by atoms with Crippen LogP contribution in [0.15, 0.2) is 24.3 Å². The van der Waals surface area contributed by atoms with Crippen molar-refractivity contribution in [2.45, 2.75) is 58.8 Å². The molecule has 0 aliphatic heterocycles. The molecule has 1 aromatic rings. The second-order valence-corrected chi connectivity index (χ2v) is 4.77. The number of unbranched alkanes of at least 4 members (excludes halogenated alkanes) is 5. The number of Topliss-reactive ketones (excluding diaryl/α,β-unsaturated/α-hetero) is 1. The molecule has 0 unspecified atom stereocenters. The lowest BCUT2D eigenvalue weighted by Crippen LogP contribution is -1.94. The van der Waals surface area contributed by atoms with Crippen LogP contribution < -0.4 is 0 Å². The Kier molecular flexibility index (Phi) is 6.61. The SMILES string of the molecule is CCCCCCCCc1cccc(C(C)=O)c1. The molecule has 17 heavy (non-hydrogen) atoms. The molecule has 0 saturated carbocycles. The monoisotopic (exact) mass is 232 g/mol. The molecule has 1 rings (SSSR count). The number of carbonyl (C=O) groups is 1. The van der Waals surface area contributed by atoms with E-state index in [0.717, 1.165) is 12.0 Å². The molecular weight excluding hydrogens is 208 g/mol. The minimum Gasteiger partial charge on any atom is -0.295 e. The summed E-state index contributed by atoms with van der Waals surface area (Å²) in [5, 5.41) is 0. The van der Waals surface area contributed by atoms with Gasteiger partial charge in [0.25, 0.3) is 0 Å². The Bertz CT molecular complexity index is 341. The fourth-order valence-corrected chi connectivity index (χ4v) is 2.06. The molecule has 0 N–H and O–H groups in total. The second-order valence-electron chi connectivity index (χ2n) is 4.77. The Morgan fingerprint density at radius 2 is 1.76 bits per heavy atom. The Morgan fingerprint density at radius 3 is 2.47 bits per heavy atom. The van der Waals surface area contributed by atoms with Crippen LogP contribution in [0.25, 0.3) is 0 Å². The highest BCUT2D eigenvalue weighted by molar-refractivity contribution is 5.94. The van der Waals surface area contributed by atoms with Crippen LogP contribution in [0.1, 0.15) is 68.3 Å². The zero-order chi connectivity index (χ0) is 12.5. The van der Waals surface area contributed by atoms with Gasteiger partial charge < -0.3 is 0 Å². The number of hydrogen-bond donors (Lipinski definition) is 0. The third-order valence-corrected chi connectivity index (χ3v) is 3.15. The Labute approximate surface area is 105 Å². The first-order valence-electron chi connectivity index (χ1n) is 6.84. The minimum absolute atomic E-state index is 0.162. The predicted molar refractivity (Wildman–Crippen MR) is 73.5 cm³/mol. The van der Waals surface area contributed by atoms with E-state index in [1.807, 2.05) is 18.2 Å². The molecule has 0 amide bonds. The number of aryl methyl sites for hydroxylation is 1. The molecule has 0 aromatic heterocycles. The molecule has 0 bridgehead atoms. The molecule has 0 saturated heterocycles. The van der Waals surface area contributed by atoms with E-state index in [2.05, 4.69) is 13.0 Å². The van der Waals surface area contributed by atoms with Crippen molar-refractivity contribution in [3.05, 3.63) is 35.4 Å². The van der Waals surface area contributed by atoms with Gasteiger partial charge in [0.15, 0.2) is 5.78 Å². The summed E-state index contributed by atoms with van der Waals surface area (Å²) in [6, 6.07) is 8.04. The first-order valence-corrected chi connectivity index (χ1v) is 6.84. The average Bonchev–Trinajstić information content (AvgIpc) is 2.34. The van der Waals surface area contributed by atoms with Crippen molar-refractivity contribution in [3.8, 4) is 0 Å². The topological polar surface area (TPSA) is 17.1 Å². The van der Waals surface area contributed by atoms with Crippen LogP contribution in [0, 0.1) is 0 Å². The lowest BCUT2D eigenvalue weighted by atomic mass is 10.0. The summed E-state index contributed by atoms with van der Waals surface area (Å²) >= 11 is 0. The summed E-state index contributed by atoms with van der Waals surface area (Å²) in [6.45, 7) is 3.87. The van der Waals surface area contributed by atoms with Gasteiger partial charge in [-0.25, -0.2) is 0 Å². The standard InChI is InChI=1S/C16H24O/c1-3-4-5-6-7-8-10-15-11-9-12-16(13-15)14(2)17/h9,11-13H,3-8,10H2,1-2H3. The molecule has 1 aromatic carbocycles. The van der Waals surface area contributed by atoms with E-state index in [4.69, 9.17) is 0 Å². The molecule has 0 radical (unpaired) electrons. The molecule has 94 valence electrons. The second kappa shape index (κ2) is 8.05. The summed E-state index contributed by atoms with van der Waals surface area (Å²) in [6.07, 6.45) is 9.04. The third-order valence-electron chi connectivity index (χ3n) is 3.15. The van der Waals surface area contributed by atoms with Crippen LogP contribution in [-0.2, 0) is 6.42 Å². The van der Waals surface area contributed by atoms with Gasteiger partial charge in [0.2, 0.25) is 0 Å². The number of rotatable bonds is 8. The van der Waals surface area contributed by atoms with E-state index in [1.54, 1.807) is 6.92 Å². The molecule has 1 heteroatoms. The zero-order valence-electron chi connectivity index (χ0n) is 11.2. The van der Waals surface area contributed by atoms with Crippen molar-refractivity contribution in [1.29, 1.82) is 0 Å². The first kappa shape index (κ1) is 14.0. The van der Waals surface area contributed by atoms with E-state index < -0.39 is 0 Å². The third kappa shape index (κ3) is 5.67. The summed E-state index contributed by atoms with van der Waals surface area (Å²) in [5.74, 6) is 0.162. The van der Waals surface area contributed by atoms with Gasteiger partial charge in [-0.1, -0.05) is 57.2 Å². The average molecular weight is 232 g/mol. The molecular formula is C16H24O. The van der Waals surface area contributed by atoms with E-state index in [0.29, 0.717) is 0 Å². The minimum atomic E-state index is 0.162. The van der Waals surface area contributed by atoms with Crippen molar-refractivity contribution >= 4 is 5.78 Å². The first-order chi connectivity index (χ1) is 8.24. The highest BCUT2D eigenvalue weighted by atomic mass is 16.1. The van der Waals surface area contributed by atoms with Crippen molar-refractivity contribution in [2.24, 2.45) is 0 Å². The lowest BCUT2D eigenvalue weighted by Gasteiger charge is -2.03. The molecule has 1 nitrogen and oxygen atoms in total. The molecule has 0 atom stereocenters. The smallest absolute Gasteiger partial charge is 0.159 e. The van der Waals surface area contributed by atoms with E-state index in [1.165, 1.54) is 44.1 Å². The van der Waals surface area contributed by atoms with Crippen LogP contribution in [0.5, 0.6) is 0 Å². The van der Waals surface area contributed by atoms with Crippen LogP contribution in [0.4, 0.5) is 0 Å². The van der Waals surface area contributed by atoms with E-state index in [9.17, 15) is 4.79 Å². The van der Waals surface area contributed by atoms with Crippen molar-refractivity contribution in [2.75, 3.05) is 0 Å². The largest absolute Gasteiger partial charge is 0.295 e. The fourth-order valence-electron chi connectivity index (χ4n) is 2.06. The van der Waals surface area contributed by atoms with Gasteiger partial charge in [0.1, 0.15) is 0 Å². The Balaban J connectivity index is 2.27. The van der Waals surface area contributed by atoms with E-state index in [-0.39, 0.29) is 5.78 Å². The zero-order valence-corrected chi connectivity index (χ0v) is 11.2. The van der Waals surface area contributed by atoms with Crippen LogP contribution in [0.3, 0.4) is 0 Å². The highest BCUT2D eigenvalue weighted by Gasteiger charge is 2.00. The van der Waals surface area contributed by atoms with Crippen LogP contribution >= 0.6 is 0 Å². The number of ketones is 1. The maximum Gasteiger partial charge on any atom is 0.159 e. The Hall–Kier alpha value is -1.11. The maximum absolute atomic E-state index is 11.2. The van der Waals surface area contributed by atoms with Gasteiger partial charge in [-0.3, -0.25) is 4.79 Å². The van der Waals surface area contributed by atoms with Crippen molar-refractivity contribution in [3.63, 3.8) is 0 Å². The molecule has 0 aliphatic carbocycles. The highest BCUT2D eigenvalue weighted by Crippen LogP contribution is 2.11. The van der Waals surface area contributed by atoms with Gasteiger partial charge in [-0.2, -0.15) is 0 Å². The van der Waals surface area contributed by atoms with Gasteiger partial charge in [-0.15, -0.1) is 0 Å². The van der Waals surface area contributed by atoms with Crippen LogP contribution in [0.2, 0.25) is 0 Å². The number of hydrogen-bond acceptors (Lipinski definition) is 1. The fraction of sp³-hybridized carbons (Fsp3) is 0.562. The normalized spacial score (nSPS) is 10.5. The number of carbonyl (C=O) groups excluding carboxylic acids is 1. The van der Waals surface area contributed by atoms with Gasteiger partial charge in [-0.05, 0) is 31.4 Å². The van der Waals surface area contributed by atoms with Gasteiger partial charge >= 0.3 is 0 Å². The summed E-state index contributed by atoms with van der Waals surface area (Å²) in [4.78, 5) is 11.2. The molecule has 0 aliphatic rings. The number of benzene rings is 1. The van der Waals surface area contributed by atoms with Gasteiger partial charge in [0.05, 0.1) is 0 Å². The molecule has 0 fully saturated rings. The van der Waals surface area contributed by atoms with Crippen LogP contribution in [-0.4, -0.2) is 5.78 Å². The maximum atomic E-state index is 11.2. The summed E-state index contributed by atoms with van der Waals surface area (Å²) < 4.78 is 0. The van der Waals surface area contributed by atoms with Crippen molar-refractivity contribution in [1.82, 2.24) is 0 Å². The summed E-state index contributed by atoms with van der Waals surface area (Å²) in [5.41, 5.74) is 2.14. The van der Waals surface area contributed by atoms with E-state index >= 15 is 0 Å². The summed E-state index contributed by atoms with van der Waals surface area (Å²) in [7, 11) is 0. The lowest BCUT2D eigenvalue weighted by molar-refractivity contribution is 0.101.